The van der Waals surface area contributed by atoms with E-state index in [1.165, 1.54) is 0 Å². The number of carboxylic acids is 1. The van der Waals surface area contributed by atoms with Crippen molar-refractivity contribution in [1.82, 2.24) is 4.90 Å². The molecule has 1 rings (SSSR count). The summed E-state index contributed by atoms with van der Waals surface area (Å²) in [7, 11) is 0. The van der Waals surface area contributed by atoms with Gasteiger partial charge in [-0.15, -0.1) is 0 Å². The van der Waals surface area contributed by atoms with Gasteiger partial charge >= 0.3 is 5.97 Å². The summed E-state index contributed by atoms with van der Waals surface area (Å²) >= 11 is 0. The second-order valence-corrected chi connectivity index (χ2v) is 3.91. The molecule has 0 aromatic heterocycles. The van der Waals surface area contributed by atoms with E-state index in [4.69, 9.17) is 5.11 Å². The lowest BCUT2D eigenvalue weighted by atomic mass is 9.99. The average Bonchev–Trinajstić information content (AvgIpc) is 2.16. The van der Waals surface area contributed by atoms with E-state index in [0.717, 1.165) is 12.8 Å². The number of nitrogens with zero attached hydrogens (tertiary/aromatic N) is 1. The average molecular weight is 199 g/mol. The summed E-state index contributed by atoms with van der Waals surface area (Å²) in [5, 5.41) is 8.83. The van der Waals surface area contributed by atoms with Gasteiger partial charge < -0.3 is 10.0 Å². The predicted octanol–water partition coefficient (Wildman–Crippen LogP) is 1.11. The second kappa shape index (κ2) is 4.44. The SMILES string of the molecule is CC(C(=O)O)C(C)N1CCCCC1=O. The van der Waals surface area contributed by atoms with Crippen LogP contribution in [0.5, 0.6) is 0 Å². The Balaban J connectivity index is 2.62. The number of rotatable bonds is 3. The van der Waals surface area contributed by atoms with Gasteiger partial charge in [-0.3, -0.25) is 9.59 Å². The fourth-order valence-corrected chi connectivity index (χ4v) is 1.73. The van der Waals surface area contributed by atoms with Gasteiger partial charge in [-0.2, -0.15) is 0 Å². The van der Waals surface area contributed by atoms with Crippen molar-refractivity contribution < 1.29 is 14.7 Å². The van der Waals surface area contributed by atoms with Gasteiger partial charge in [-0.25, -0.2) is 0 Å². The first kappa shape index (κ1) is 11.0. The monoisotopic (exact) mass is 199 g/mol. The minimum atomic E-state index is -0.837. The van der Waals surface area contributed by atoms with Crippen molar-refractivity contribution in [1.29, 1.82) is 0 Å². The first-order valence-electron chi connectivity index (χ1n) is 5.06. The Morgan fingerprint density at radius 2 is 2.07 bits per heavy atom. The molecular weight excluding hydrogens is 182 g/mol. The van der Waals surface area contributed by atoms with Crippen LogP contribution in [-0.4, -0.2) is 34.5 Å². The molecule has 0 aromatic rings. The number of amides is 1. The highest BCUT2D eigenvalue weighted by Crippen LogP contribution is 2.18. The van der Waals surface area contributed by atoms with Crippen LogP contribution in [0.4, 0.5) is 0 Å². The Bertz CT molecular complexity index is 240. The summed E-state index contributed by atoms with van der Waals surface area (Å²) < 4.78 is 0. The number of carbonyl (C=O) groups excluding carboxylic acids is 1. The van der Waals surface area contributed by atoms with E-state index in [0.29, 0.717) is 13.0 Å². The van der Waals surface area contributed by atoms with Crippen molar-refractivity contribution in [2.75, 3.05) is 6.54 Å². The molecule has 0 spiro atoms. The second-order valence-electron chi connectivity index (χ2n) is 3.91. The Morgan fingerprint density at radius 3 is 2.57 bits per heavy atom. The largest absolute Gasteiger partial charge is 0.481 e. The molecule has 1 N–H and O–H groups in total. The van der Waals surface area contributed by atoms with E-state index in [-0.39, 0.29) is 11.9 Å². The highest BCUT2D eigenvalue weighted by molar-refractivity contribution is 5.78. The summed E-state index contributed by atoms with van der Waals surface area (Å²) in [6.45, 7) is 4.16. The van der Waals surface area contributed by atoms with Crippen LogP contribution in [-0.2, 0) is 9.59 Å². The molecule has 1 heterocycles. The molecule has 2 unspecified atom stereocenters. The summed E-state index contributed by atoms with van der Waals surface area (Å²) in [6, 6.07) is -0.194. The molecule has 4 nitrogen and oxygen atoms in total. The van der Waals surface area contributed by atoms with Gasteiger partial charge in [0.25, 0.3) is 0 Å². The standard InChI is InChI=1S/C10H17NO3/c1-7(10(13)14)8(2)11-6-4-3-5-9(11)12/h7-8H,3-6H2,1-2H3,(H,13,14). The Morgan fingerprint density at radius 1 is 1.43 bits per heavy atom. The highest BCUT2D eigenvalue weighted by Gasteiger charge is 2.29. The number of aliphatic carboxylic acids is 1. The Hall–Kier alpha value is -1.06. The van der Waals surface area contributed by atoms with Crippen LogP contribution >= 0.6 is 0 Å². The number of piperidine rings is 1. The molecule has 0 radical (unpaired) electrons. The van der Waals surface area contributed by atoms with Crippen molar-refractivity contribution in [3.05, 3.63) is 0 Å². The van der Waals surface area contributed by atoms with Crippen LogP contribution in [0.1, 0.15) is 33.1 Å². The predicted molar refractivity (Wildman–Crippen MR) is 51.8 cm³/mol. The molecule has 2 atom stereocenters. The first-order chi connectivity index (χ1) is 6.54. The summed E-state index contributed by atoms with van der Waals surface area (Å²) in [5.74, 6) is -1.23. The van der Waals surface area contributed by atoms with Gasteiger partial charge in [0.2, 0.25) is 5.91 Å². The maximum atomic E-state index is 11.5. The van der Waals surface area contributed by atoms with Crippen molar-refractivity contribution in [3.8, 4) is 0 Å². The van der Waals surface area contributed by atoms with Gasteiger partial charge in [0.1, 0.15) is 0 Å². The lowest BCUT2D eigenvalue weighted by molar-refractivity contribution is -0.146. The molecule has 0 aliphatic carbocycles. The van der Waals surface area contributed by atoms with E-state index in [1.807, 2.05) is 6.92 Å². The molecule has 1 aliphatic rings. The zero-order chi connectivity index (χ0) is 10.7. The Labute approximate surface area is 83.9 Å². The van der Waals surface area contributed by atoms with Crippen LogP contribution in [0.2, 0.25) is 0 Å². The number of carbonyl (C=O) groups is 2. The fourth-order valence-electron chi connectivity index (χ4n) is 1.73. The van der Waals surface area contributed by atoms with Crippen molar-refractivity contribution in [3.63, 3.8) is 0 Å². The van der Waals surface area contributed by atoms with Gasteiger partial charge in [-0.05, 0) is 26.7 Å². The molecule has 0 aromatic carbocycles. The van der Waals surface area contributed by atoms with Crippen LogP contribution in [0, 0.1) is 5.92 Å². The zero-order valence-electron chi connectivity index (χ0n) is 8.69. The summed E-state index contributed by atoms with van der Waals surface area (Å²) in [5.41, 5.74) is 0. The zero-order valence-corrected chi connectivity index (χ0v) is 8.69. The van der Waals surface area contributed by atoms with Gasteiger partial charge in [0, 0.05) is 19.0 Å². The quantitative estimate of drug-likeness (QED) is 0.740. The molecule has 1 amide bonds. The minimum Gasteiger partial charge on any atom is -0.481 e. The van der Waals surface area contributed by atoms with E-state index < -0.39 is 11.9 Å². The third-order valence-electron chi connectivity index (χ3n) is 2.96. The maximum Gasteiger partial charge on any atom is 0.308 e. The first-order valence-corrected chi connectivity index (χ1v) is 5.06. The smallest absolute Gasteiger partial charge is 0.308 e. The highest BCUT2D eigenvalue weighted by atomic mass is 16.4. The number of hydrogen-bond acceptors (Lipinski definition) is 2. The van der Waals surface area contributed by atoms with E-state index in [2.05, 4.69) is 0 Å². The number of carboxylic acid groups (broad SMARTS) is 1. The molecule has 1 fully saturated rings. The lowest BCUT2D eigenvalue weighted by Crippen LogP contribution is -2.46. The van der Waals surface area contributed by atoms with Gasteiger partial charge in [0.05, 0.1) is 5.92 Å². The molecule has 0 saturated carbocycles. The van der Waals surface area contributed by atoms with E-state index >= 15 is 0 Å². The lowest BCUT2D eigenvalue weighted by Gasteiger charge is -2.34. The topological polar surface area (TPSA) is 57.6 Å². The number of hydrogen-bond donors (Lipinski definition) is 1. The summed E-state index contributed by atoms with van der Waals surface area (Å²) in [4.78, 5) is 23.9. The molecule has 80 valence electrons. The van der Waals surface area contributed by atoms with Crippen LogP contribution in [0.25, 0.3) is 0 Å². The van der Waals surface area contributed by atoms with E-state index in [9.17, 15) is 9.59 Å². The van der Waals surface area contributed by atoms with Crippen LogP contribution < -0.4 is 0 Å². The third-order valence-corrected chi connectivity index (χ3v) is 2.96. The summed E-state index contributed by atoms with van der Waals surface area (Å²) in [6.07, 6.45) is 2.49. The molecule has 14 heavy (non-hydrogen) atoms. The van der Waals surface area contributed by atoms with Crippen LogP contribution in [0.15, 0.2) is 0 Å². The molecule has 0 bridgehead atoms. The van der Waals surface area contributed by atoms with Gasteiger partial charge in [-0.1, -0.05) is 0 Å². The van der Waals surface area contributed by atoms with E-state index in [1.54, 1.807) is 11.8 Å². The minimum absolute atomic E-state index is 0.0943. The molecule has 1 saturated heterocycles. The normalized spacial score (nSPS) is 21.9. The van der Waals surface area contributed by atoms with Crippen molar-refractivity contribution in [2.24, 2.45) is 5.92 Å². The van der Waals surface area contributed by atoms with Gasteiger partial charge in [0.15, 0.2) is 0 Å². The fraction of sp³-hybridized carbons (Fsp3) is 0.800. The maximum absolute atomic E-state index is 11.5. The van der Waals surface area contributed by atoms with Crippen LogP contribution in [0.3, 0.4) is 0 Å². The molecular formula is C10H17NO3. The van der Waals surface area contributed by atoms with Crippen molar-refractivity contribution in [2.45, 2.75) is 39.2 Å². The van der Waals surface area contributed by atoms with Crippen molar-refractivity contribution >= 4 is 11.9 Å². The number of likely N-dealkylation sites (tertiary alicyclic amines) is 1. The molecule has 4 heteroatoms. The third kappa shape index (κ3) is 2.25. The molecule has 1 aliphatic heterocycles. The Kier molecular flexibility index (Phi) is 3.49.